The van der Waals surface area contributed by atoms with Gasteiger partial charge >= 0.3 is 0 Å². The maximum atomic E-state index is 13.8. The molecule has 98 valence electrons. The van der Waals surface area contributed by atoms with E-state index >= 15 is 0 Å². The second-order valence-electron chi connectivity index (χ2n) is 5.37. The first-order valence-corrected chi connectivity index (χ1v) is 6.26. The fraction of sp³-hybridized carbons (Fsp3) is 0.500. The number of anilines is 1. The zero-order valence-electron chi connectivity index (χ0n) is 11.0. The van der Waals surface area contributed by atoms with Gasteiger partial charge in [-0.15, -0.1) is 0 Å². The normalized spacial score (nSPS) is 23.9. The molecule has 4 heteroatoms. The molecule has 0 bridgehead atoms. The second-order valence-corrected chi connectivity index (χ2v) is 5.37. The first-order chi connectivity index (χ1) is 8.42. The van der Waals surface area contributed by atoms with Crippen LogP contribution in [-0.4, -0.2) is 24.0 Å². The standard InChI is InChI=1S/C14H19FN2O/c1-10-8-9-17(13(18)14(2,3)16-10)12-7-5-4-6-11(12)15/h4-7,10,16H,8-9H2,1-3H3. The van der Waals surface area contributed by atoms with Gasteiger partial charge in [0.05, 0.1) is 11.2 Å². The van der Waals surface area contributed by atoms with Crippen LogP contribution in [0.4, 0.5) is 10.1 Å². The Kier molecular flexibility index (Phi) is 3.39. The van der Waals surface area contributed by atoms with Crippen LogP contribution in [0.1, 0.15) is 27.2 Å². The highest BCUT2D eigenvalue weighted by molar-refractivity contribution is 6.00. The Labute approximate surface area is 107 Å². The third-order valence-electron chi connectivity index (χ3n) is 3.32. The number of para-hydroxylation sites is 1. The highest BCUT2D eigenvalue weighted by Crippen LogP contribution is 2.25. The zero-order valence-corrected chi connectivity index (χ0v) is 11.0. The fourth-order valence-corrected chi connectivity index (χ4v) is 2.41. The summed E-state index contributed by atoms with van der Waals surface area (Å²) in [5, 5.41) is 3.27. The van der Waals surface area contributed by atoms with Gasteiger partial charge in [-0.05, 0) is 39.3 Å². The number of nitrogens with one attached hydrogen (secondary N) is 1. The Morgan fingerprint density at radius 3 is 2.72 bits per heavy atom. The van der Waals surface area contributed by atoms with E-state index in [-0.39, 0.29) is 17.8 Å². The first-order valence-electron chi connectivity index (χ1n) is 6.26. The molecule has 1 unspecified atom stereocenters. The molecule has 0 saturated carbocycles. The molecule has 18 heavy (non-hydrogen) atoms. The second kappa shape index (κ2) is 4.69. The lowest BCUT2D eigenvalue weighted by Crippen LogP contribution is -2.53. The SMILES string of the molecule is CC1CCN(c2ccccc2F)C(=O)C(C)(C)N1. The monoisotopic (exact) mass is 250 g/mol. The molecule has 0 aliphatic carbocycles. The zero-order chi connectivity index (χ0) is 13.3. The number of hydrogen-bond acceptors (Lipinski definition) is 2. The van der Waals surface area contributed by atoms with Crippen LogP contribution in [0.5, 0.6) is 0 Å². The molecule has 1 fully saturated rings. The molecule has 0 radical (unpaired) electrons. The van der Waals surface area contributed by atoms with Crippen LogP contribution in [0.2, 0.25) is 0 Å². The Morgan fingerprint density at radius 2 is 2.06 bits per heavy atom. The topological polar surface area (TPSA) is 32.3 Å². The van der Waals surface area contributed by atoms with Crippen molar-refractivity contribution in [3.63, 3.8) is 0 Å². The molecule has 1 atom stereocenters. The first kappa shape index (κ1) is 13.0. The number of halogens is 1. The van der Waals surface area contributed by atoms with E-state index in [0.29, 0.717) is 12.2 Å². The molecule has 1 aromatic carbocycles. The molecule has 2 rings (SSSR count). The number of benzene rings is 1. The highest BCUT2D eigenvalue weighted by atomic mass is 19.1. The lowest BCUT2D eigenvalue weighted by Gasteiger charge is -2.30. The smallest absolute Gasteiger partial charge is 0.246 e. The summed E-state index contributed by atoms with van der Waals surface area (Å²) in [4.78, 5) is 14.0. The van der Waals surface area contributed by atoms with Gasteiger partial charge in [-0.3, -0.25) is 4.79 Å². The summed E-state index contributed by atoms with van der Waals surface area (Å²) in [5.74, 6) is -0.437. The van der Waals surface area contributed by atoms with Crippen molar-refractivity contribution >= 4 is 11.6 Å². The number of carbonyl (C=O) groups excluding carboxylic acids is 1. The van der Waals surface area contributed by atoms with Gasteiger partial charge in [0, 0.05) is 12.6 Å². The van der Waals surface area contributed by atoms with Crippen LogP contribution in [0.3, 0.4) is 0 Å². The Balaban J connectivity index is 2.38. The van der Waals surface area contributed by atoms with E-state index in [1.807, 2.05) is 20.8 Å². The Hall–Kier alpha value is -1.42. The van der Waals surface area contributed by atoms with E-state index in [9.17, 15) is 9.18 Å². The number of amides is 1. The molecule has 3 nitrogen and oxygen atoms in total. The van der Waals surface area contributed by atoms with Crippen molar-refractivity contribution in [2.75, 3.05) is 11.4 Å². The predicted molar refractivity (Wildman–Crippen MR) is 70.0 cm³/mol. The summed E-state index contributed by atoms with van der Waals surface area (Å²) in [7, 11) is 0. The van der Waals surface area contributed by atoms with Crippen molar-refractivity contribution in [3.05, 3.63) is 30.1 Å². The molecule has 1 heterocycles. The summed E-state index contributed by atoms with van der Waals surface area (Å²) in [6, 6.07) is 6.66. The van der Waals surface area contributed by atoms with Crippen LogP contribution in [-0.2, 0) is 4.79 Å². The van der Waals surface area contributed by atoms with Gasteiger partial charge in [0.15, 0.2) is 0 Å². The molecule has 1 aliphatic heterocycles. The van der Waals surface area contributed by atoms with Gasteiger partial charge in [0.2, 0.25) is 5.91 Å². The highest BCUT2D eigenvalue weighted by Gasteiger charge is 2.37. The number of carbonyl (C=O) groups is 1. The maximum Gasteiger partial charge on any atom is 0.246 e. The molecule has 1 aliphatic rings. The number of rotatable bonds is 1. The summed E-state index contributed by atoms with van der Waals surface area (Å²) in [5.41, 5.74) is -0.301. The van der Waals surface area contributed by atoms with Gasteiger partial charge in [-0.25, -0.2) is 4.39 Å². The number of hydrogen-bond donors (Lipinski definition) is 1. The summed E-state index contributed by atoms with van der Waals surface area (Å²) < 4.78 is 13.8. The van der Waals surface area contributed by atoms with E-state index in [0.717, 1.165) is 6.42 Å². The third-order valence-corrected chi connectivity index (χ3v) is 3.32. The maximum absolute atomic E-state index is 13.8. The third kappa shape index (κ3) is 2.38. The molecule has 1 aromatic rings. The van der Waals surface area contributed by atoms with Crippen LogP contribution in [0.25, 0.3) is 0 Å². The van der Waals surface area contributed by atoms with E-state index < -0.39 is 5.54 Å². The molecule has 1 saturated heterocycles. The average Bonchev–Trinajstić information content (AvgIpc) is 2.39. The summed E-state index contributed by atoms with van der Waals surface area (Å²) in [6.07, 6.45) is 0.809. The van der Waals surface area contributed by atoms with Gasteiger partial charge in [-0.1, -0.05) is 12.1 Å². The van der Waals surface area contributed by atoms with Crippen LogP contribution < -0.4 is 10.2 Å². The number of nitrogens with zero attached hydrogens (tertiary/aromatic N) is 1. The summed E-state index contributed by atoms with van der Waals surface area (Å²) in [6.45, 7) is 6.26. The van der Waals surface area contributed by atoms with E-state index in [4.69, 9.17) is 0 Å². The lowest BCUT2D eigenvalue weighted by atomic mass is 10.0. The van der Waals surface area contributed by atoms with E-state index in [2.05, 4.69) is 5.32 Å². The van der Waals surface area contributed by atoms with Crippen LogP contribution >= 0.6 is 0 Å². The van der Waals surface area contributed by atoms with Crippen molar-refractivity contribution < 1.29 is 9.18 Å². The predicted octanol–water partition coefficient (Wildman–Crippen LogP) is 2.32. The van der Waals surface area contributed by atoms with Gasteiger partial charge in [-0.2, -0.15) is 0 Å². The van der Waals surface area contributed by atoms with Gasteiger partial charge in [0.25, 0.3) is 0 Å². The molecule has 1 amide bonds. The minimum absolute atomic E-state index is 0.0862. The summed E-state index contributed by atoms with van der Waals surface area (Å²) >= 11 is 0. The minimum atomic E-state index is -0.668. The van der Waals surface area contributed by atoms with Crippen LogP contribution in [0.15, 0.2) is 24.3 Å². The van der Waals surface area contributed by atoms with E-state index in [1.165, 1.54) is 6.07 Å². The van der Waals surface area contributed by atoms with Gasteiger partial charge in [0.1, 0.15) is 5.82 Å². The van der Waals surface area contributed by atoms with Gasteiger partial charge < -0.3 is 10.2 Å². The van der Waals surface area contributed by atoms with Crippen molar-refractivity contribution in [2.24, 2.45) is 0 Å². The molecule has 0 spiro atoms. The van der Waals surface area contributed by atoms with Crippen molar-refractivity contribution in [1.29, 1.82) is 0 Å². The molecular weight excluding hydrogens is 231 g/mol. The van der Waals surface area contributed by atoms with Crippen molar-refractivity contribution in [2.45, 2.75) is 38.8 Å². The Morgan fingerprint density at radius 1 is 1.39 bits per heavy atom. The van der Waals surface area contributed by atoms with Crippen molar-refractivity contribution in [3.8, 4) is 0 Å². The Bertz CT molecular complexity index is 459. The van der Waals surface area contributed by atoms with Crippen LogP contribution in [0, 0.1) is 5.82 Å². The average molecular weight is 250 g/mol. The van der Waals surface area contributed by atoms with Crippen molar-refractivity contribution in [1.82, 2.24) is 5.32 Å². The minimum Gasteiger partial charge on any atom is -0.308 e. The van der Waals surface area contributed by atoms with E-state index in [1.54, 1.807) is 23.1 Å². The largest absolute Gasteiger partial charge is 0.308 e. The quantitative estimate of drug-likeness (QED) is 0.829. The lowest BCUT2D eigenvalue weighted by molar-refractivity contribution is -0.123. The molecular formula is C14H19FN2O. The fourth-order valence-electron chi connectivity index (χ4n) is 2.41. The molecule has 0 aromatic heterocycles. The molecule has 1 N–H and O–H groups in total.